The molecule has 4 heteroatoms. The maximum atomic E-state index is 5.63. The van der Waals surface area contributed by atoms with Gasteiger partial charge in [0.05, 0.1) is 18.5 Å². The molecule has 1 aliphatic carbocycles. The molecule has 0 saturated heterocycles. The molecule has 28 heavy (non-hydrogen) atoms. The van der Waals surface area contributed by atoms with Crippen LogP contribution in [0.25, 0.3) is 6.08 Å². The second-order valence-electron chi connectivity index (χ2n) is 7.93. The van der Waals surface area contributed by atoms with Crippen molar-refractivity contribution in [2.45, 2.75) is 64.2 Å². The normalized spacial score (nSPS) is 21.5. The maximum absolute atomic E-state index is 5.63. The van der Waals surface area contributed by atoms with Crippen LogP contribution in [0, 0.1) is 0 Å². The van der Waals surface area contributed by atoms with E-state index in [2.05, 4.69) is 29.0 Å². The molecule has 0 saturated carbocycles. The van der Waals surface area contributed by atoms with Crippen LogP contribution in [0.15, 0.2) is 46.9 Å². The van der Waals surface area contributed by atoms with Crippen molar-refractivity contribution in [2.75, 3.05) is 7.11 Å². The van der Waals surface area contributed by atoms with Gasteiger partial charge in [-0.05, 0) is 61.4 Å². The number of aliphatic imine (C=N–C) groups is 1. The number of aromatic nitrogens is 2. The fourth-order valence-corrected chi connectivity index (χ4v) is 4.45. The predicted molar refractivity (Wildman–Crippen MR) is 116 cm³/mol. The van der Waals surface area contributed by atoms with E-state index in [4.69, 9.17) is 9.73 Å². The third-order valence-electron chi connectivity index (χ3n) is 5.90. The summed E-state index contributed by atoms with van der Waals surface area (Å²) in [6, 6.07) is 6.45. The van der Waals surface area contributed by atoms with Crippen LogP contribution >= 0.6 is 0 Å². The van der Waals surface area contributed by atoms with Crippen molar-refractivity contribution in [3.63, 3.8) is 0 Å². The number of nitrogens with zero attached hydrogens (tertiary/aromatic N) is 1. The van der Waals surface area contributed by atoms with E-state index in [1.807, 2.05) is 24.4 Å². The van der Waals surface area contributed by atoms with E-state index < -0.39 is 0 Å². The minimum absolute atomic E-state index is 0.628. The molecule has 1 unspecified atom stereocenters. The molecule has 2 bridgehead atoms. The lowest BCUT2D eigenvalue weighted by Gasteiger charge is -2.17. The summed E-state index contributed by atoms with van der Waals surface area (Å²) in [6.07, 6.45) is 16.3. The number of H-pyrrole nitrogens is 2. The molecule has 2 aromatic heterocycles. The van der Waals surface area contributed by atoms with Gasteiger partial charge in [-0.15, -0.1) is 0 Å². The van der Waals surface area contributed by atoms with E-state index in [0.29, 0.717) is 5.92 Å². The second-order valence-corrected chi connectivity index (χ2v) is 7.93. The molecule has 2 aromatic rings. The molecular weight excluding hydrogens is 346 g/mol. The highest BCUT2D eigenvalue weighted by Gasteiger charge is 2.21. The van der Waals surface area contributed by atoms with Gasteiger partial charge in [0.2, 0.25) is 0 Å². The lowest BCUT2D eigenvalue weighted by molar-refractivity contribution is 0.303. The van der Waals surface area contributed by atoms with E-state index in [1.165, 1.54) is 61.9 Å². The summed E-state index contributed by atoms with van der Waals surface area (Å²) in [6.45, 7) is 2.29. The lowest BCUT2D eigenvalue weighted by Crippen LogP contribution is -2.01. The molecule has 1 aliphatic heterocycles. The smallest absolute Gasteiger partial charge is 0.146 e. The van der Waals surface area contributed by atoms with Crippen molar-refractivity contribution in [3.05, 3.63) is 64.6 Å². The number of ether oxygens (including phenoxy) is 1. The average Bonchev–Trinajstić information content (AvgIpc) is 3.43. The first-order valence-electron chi connectivity index (χ1n) is 10.7. The number of methoxy groups -OCH3 is 1. The average molecular weight is 378 g/mol. The molecule has 3 heterocycles. The molecule has 2 aliphatic rings. The van der Waals surface area contributed by atoms with Crippen LogP contribution in [0.3, 0.4) is 0 Å². The highest BCUT2D eigenvalue weighted by molar-refractivity contribution is 6.11. The standard InChI is InChI=1S/C24H31N3O/c1-3-9-17-10-6-4-5-7-11-18-14-19(17)21(26-18)15-23-24(28-2)16-22(27-23)20-12-8-13-25-20/h8,12-17,25-26H,3-7,9-11H2,1-2H3. The summed E-state index contributed by atoms with van der Waals surface area (Å²) in [4.78, 5) is 11.8. The van der Waals surface area contributed by atoms with Crippen molar-refractivity contribution in [2.24, 2.45) is 4.99 Å². The zero-order chi connectivity index (χ0) is 19.3. The van der Waals surface area contributed by atoms with E-state index >= 15 is 0 Å². The Labute approximate surface area is 167 Å². The van der Waals surface area contributed by atoms with Crippen LogP contribution in [-0.4, -0.2) is 22.8 Å². The van der Waals surface area contributed by atoms with Crippen molar-refractivity contribution in [3.8, 4) is 0 Å². The Hall–Kier alpha value is -2.49. The topological polar surface area (TPSA) is 53.2 Å². The fraction of sp³-hybridized carbons (Fsp3) is 0.458. The summed E-state index contributed by atoms with van der Waals surface area (Å²) >= 11 is 0. The molecule has 4 nitrogen and oxygen atoms in total. The first-order chi connectivity index (χ1) is 13.8. The van der Waals surface area contributed by atoms with E-state index in [9.17, 15) is 0 Å². The number of fused-ring (bicyclic) bond motifs is 2. The summed E-state index contributed by atoms with van der Waals surface area (Å²) in [5.74, 6) is 1.45. The van der Waals surface area contributed by atoms with Gasteiger partial charge in [0.25, 0.3) is 0 Å². The molecule has 1 atom stereocenters. The quantitative estimate of drug-likeness (QED) is 0.649. The summed E-state index contributed by atoms with van der Waals surface area (Å²) < 4.78 is 5.63. The number of nitrogens with one attached hydrogen (secondary N) is 2. The molecule has 148 valence electrons. The van der Waals surface area contributed by atoms with Gasteiger partial charge in [0.1, 0.15) is 11.5 Å². The van der Waals surface area contributed by atoms with Crippen molar-refractivity contribution < 1.29 is 4.74 Å². The number of allylic oxidation sites excluding steroid dienone is 1. The number of aryl methyl sites for hydroxylation is 1. The van der Waals surface area contributed by atoms with Gasteiger partial charge in [-0.1, -0.05) is 32.6 Å². The Bertz CT molecular complexity index is 883. The van der Waals surface area contributed by atoms with E-state index in [0.717, 1.165) is 29.3 Å². The first-order valence-corrected chi connectivity index (χ1v) is 10.7. The zero-order valence-corrected chi connectivity index (χ0v) is 17.1. The van der Waals surface area contributed by atoms with Gasteiger partial charge in [0, 0.05) is 23.7 Å². The molecule has 4 rings (SSSR count). The van der Waals surface area contributed by atoms with Crippen molar-refractivity contribution in [1.82, 2.24) is 9.97 Å². The molecule has 0 amide bonds. The van der Waals surface area contributed by atoms with E-state index in [-0.39, 0.29) is 0 Å². The summed E-state index contributed by atoms with van der Waals surface area (Å²) in [5, 5.41) is 0. The third-order valence-corrected chi connectivity index (χ3v) is 5.90. The predicted octanol–water partition coefficient (Wildman–Crippen LogP) is 6.11. The maximum Gasteiger partial charge on any atom is 0.146 e. The first kappa shape index (κ1) is 18.9. The van der Waals surface area contributed by atoms with Crippen LogP contribution in [0.4, 0.5) is 0 Å². The van der Waals surface area contributed by atoms with Crippen molar-refractivity contribution >= 4 is 11.8 Å². The lowest BCUT2D eigenvalue weighted by atomic mass is 9.88. The fourth-order valence-electron chi connectivity index (χ4n) is 4.45. The monoisotopic (exact) mass is 377 g/mol. The van der Waals surface area contributed by atoms with Crippen LogP contribution in [0.1, 0.15) is 80.4 Å². The van der Waals surface area contributed by atoms with Gasteiger partial charge in [-0.3, -0.25) is 0 Å². The second kappa shape index (κ2) is 8.68. The molecule has 0 radical (unpaired) electrons. The molecule has 2 N–H and O–H groups in total. The molecular formula is C24H31N3O. The SMILES string of the molecule is CCCC1CCCCCCc2cc1c(C=C1N=C(c3ccc[nH]3)C=C1OC)[nH]2. The Kier molecular flexibility index (Phi) is 5.84. The Morgan fingerprint density at radius 2 is 2.14 bits per heavy atom. The Morgan fingerprint density at radius 3 is 2.93 bits per heavy atom. The highest BCUT2D eigenvalue weighted by Crippen LogP contribution is 2.34. The zero-order valence-electron chi connectivity index (χ0n) is 17.1. The van der Waals surface area contributed by atoms with Crippen LogP contribution in [0.2, 0.25) is 0 Å². The van der Waals surface area contributed by atoms with Gasteiger partial charge >= 0.3 is 0 Å². The number of rotatable bonds is 5. The van der Waals surface area contributed by atoms with E-state index in [1.54, 1.807) is 7.11 Å². The Balaban J connectivity index is 1.72. The number of hydrogen-bond acceptors (Lipinski definition) is 2. The van der Waals surface area contributed by atoms with Crippen LogP contribution in [0.5, 0.6) is 0 Å². The van der Waals surface area contributed by atoms with Crippen molar-refractivity contribution in [1.29, 1.82) is 0 Å². The Morgan fingerprint density at radius 1 is 1.25 bits per heavy atom. The van der Waals surface area contributed by atoms with Gasteiger partial charge in [-0.25, -0.2) is 4.99 Å². The summed E-state index contributed by atoms with van der Waals surface area (Å²) in [7, 11) is 1.72. The number of aromatic amines is 2. The molecule has 0 spiro atoms. The molecule has 0 aromatic carbocycles. The molecule has 0 fully saturated rings. The third kappa shape index (κ3) is 4.01. The van der Waals surface area contributed by atoms with Crippen LogP contribution in [-0.2, 0) is 11.2 Å². The van der Waals surface area contributed by atoms with Gasteiger partial charge < -0.3 is 14.7 Å². The summed E-state index contributed by atoms with van der Waals surface area (Å²) in [5.41, 5.74) is 6.87. The minimum Gasteiger partial charge on any atom is -0.494 e. The highest BCUT2D eigenvalue weighted by atomic mass is 16.5. The van der Waals surface area contributed by atoms with Gasteiger partial charge in [-0.2, -0.15) is 0 Å². The largest absolute Gasteiger partial charge is 0.494 e. The number of hydrogen-bond donors (Lipinski definition) is 2. The van der Waals surface area contributed by atoms with Gasteiger partial charge in [0.15, 0.2) is 0 Å². The van der Waals surface area contributed by atoms with Crippen LogP contribution < -0.4 is 0 Å². The minimum atomic E-state index is 0.628.